The Hall–Kier alpha value is -0.120. The van der Waals surface area contributed by atoms with Crippen molar-refractivity contribution in [1.29, 1.82) is 0 Å². The highest BCUT2D eigenvalue weighted by atomic mass is 16.3. The van der Waals surface area contributed by atoms with Crippen molar-refractivity contribution < 1.29 is 5.11 Å². The first-order valence-corrected chi connectivity index (χ1v) is 7.16. The fourth-order valence-corrected chi connectivity index (χ4v) is 2.98. The van der Waals surface area contributed by atoms with Gasteiger partial charge in [0.25, 0.3) is 0 Å². The molecule has 3 heteroatoms. The number of hydrogen-bond acceptors (Lipinski definition) is 3. The zero-order chi connectivity index (χ0) is 12.4. The summed E-state index contributed by atoms with van der Waals surface area (Å²) in [6.45, 7) is 7.54. The summed E-state index contributed by atoms with van der Waals surface area (Å²) >= 11 is 0. The first-order chi connectivity index (χ1) is 7.99. The van der Waals surface area contributed by atoms with Crippen molar-refractivity contribution in [1.82, 2.24) is 10.6 Å². The van der Waals surface area contributed by atoms with Crippen molar-refractivity contribution in [3.63, 3.8) is 0 Å². The SMILES string of the molecule is CC1(C)CCC(O)(CNCC2CCCN2)CC1. The highest BCUT2D eigenvalue weighted by molar-refractivity contribution is 4.91. The molecule has 0 amide bonds. The van der Waals surface area contributed by atoms with Gasteiger partial charge in [-0.3, -0.25) is 0 Å². The second kappa shape index (κ2) is 5.25. The Kier molecular flexibility index (Phi) is 4.11. The molecule has 0 bridgehead atoms. The van der Waals surface area contributed by atoms with Crippen LogP contribution in [0.15, 0.2) is 0 Å². The molecule has 0 aromatic carbocycles. The Bertz CT molecular complexity index is 237. The van der Waals surface area contributed by atoms with E-state index in [0.29, 0.717) is 11.5 Å². The maximum atomic E-state index is 10.5. The van der Waals surface area contributed by atoms with Gasteiger partial charge in [-0.15, -0.1) is 0 Å². The summed E-state index contributed by atoms with van der Waals surface area (Å²) in [4.78, 5) is 0. The van der Waals surface area contributed by atoms with Crippen LogP contribution in [-0.4, -0.2) is 36.4 Å². The Balaban J connectivity index is 1.67. The van der Waals surface area contributed by atoms with Crippen LogP contribution < -0.4 is 10.6 Å². The minimum absolute atomic E-state index is 0.430. The maximum absolute atomic E-state index is 10.5. The molecular weight excluding hydrogens is 212 g/mol. The standard InChI is InChI=1S/C14H28N2O/c1-13(2)5-7-14(17,8-6-13)11-15-10-12-4-3-9-16-12/h12,15-17H,3-11H2,1-2H3. The van der Waals surface area contributed by atoms with E-state index >= 15 is 0 Å². The lowest BCUT2D eigenvalue weighted by molar-refractivity contribution is -0.0244. The van der Waals surface area contributed by atoms with Crippen LogP contribution in [-0.2, 0) is 0 Å². The molecule has 0 aromatic rings. The number of hydrogen-bond donors (Lipinski definition) is 3. The van der Waals surface area contributed by atoms with E-state index in [-0.39, 0.29) is 0 Å². The molecule has 1 unspecified atom stereocenters. The molecule has 0 spiro atoms. The van der Waals surface area contributed by atoms with Crippen LogP contribution in [0.4, 0.5) is 0 Å². The summed E-state index contributed by atoms with van der Waals surface area (Å²) in [6.07, 6.45) is 6.76. The third-order valence-corrected chi connectivity index (χ3v) is 4.54. The number of nitrogens with one attached hydrogen (secondary N) is 2. The van der Waals surface area contributed by atoms with Gasteiger partial charge in [0, 0.05) is 19.1 Å². The number of rotatable bonds is 4. The molecule has 1 saturated heterocycles. The molecule has 17 heavy (non-hydrogen) atoms. The summed E-state index contributed by atoms with van der Waals surface area (Å²) in [6, 6.07) is 0.624. The molecule has 2 aliphatic rings. The van der Waals surface area contributed by atoms with E-state index in [1.807, 2.05) is 0 Å². The van der Waals surface area contributed by atoms with Gasteiger partial charge in [0.1, 0.15) is 0 Å². The lowest BCUT2D eigenvalue weighted by atomic mass is 9.71. The third-order valence-electron chi connectivity index (χ3n) is 4.54. The lowest BCUT2D eigenvalue weighted by Gasteiger charge is -2.40. The normalized spacial score (nSPS) is 31.6. The van der Waals surface area contributed by atoms with Crippen molar-refractivity contribution in [2.45, 2.75) is 64.0 Å². The van der Waals surface area contributed by atoms with Crippen molar-refractivity contribution in [2.75, 3.05) is 19.6 Å². The summed E-state index contributed by atoms with van der Waals surface area (Å²) in [5.74, 6) is 0. The minimum atomic E-state index is -0.450. The first kappa shape index (κ1) is 13.3. The molecule has 0 radical (unpaired) electrons. The van der Waals surface area contributed by atoms with Gasteiger partial charge in [-0.25, -0.2) is 0 Å². The molecule has 2 fully saturated rings. The Morgan fingerprint density at radius 2 is 1.94 bits per heavy atom. The second-order valence-electron chi connectivity index (χ2n) is 6.81. The predicted octanol–water partition coefficient (Wildman–Crippen LogP) is 1.66. The van der Waals surface area contributed by atoms with E-state index in [0.717, 1.165) is 45.3 Å². The minimum Gasteiger partial charge on any atom is -0.389 e. The van der Waals surface area contributed by atoms with Gasteiger partial charge in [0.15, 0.2) is 0 Å². The monoisotopic (exact) mass is 240 g/mol. The van der Waals surface area contributed by atoms with E-state index in [9.17, 15) is 5.11 Å². The largest absolute Gasteiger partial charge is 0.389 e. The molecule has 1 heterocycles. The van der Waals surface area contributed by atoms with Gasteiger partial charge in [0.2, 0.25) is 0 Å². The Morgan fingerprint density at radius 1 is 1.24 bits per heavy atom. The van der Waals surface area contributed by atoms with E-state index < -0.39 is 5.60 Å². The van der Waals surface area contributed by atoms with Gasteiger partial charge in [-0.2, -0.15) is 0 Å². The molecule has 0 aromatic heterocycles. The summed E-state index contributed by atoms with van der Waals surface area (Å²) < 4.78 is 0. The van der Waals surface area contributed by atoms with Crippen LogP contribution in [0.5, 0.6) is 0 Å². The van der Waals surface area contributed by atoms with Crippen molar-refractivity contribution in [3.05, 3.63) is 0 Å². The van der Waals surface area contributed by atoms with Crippen molar-refractivity contribution in [2.24, 2.45) is 5.41 Å². The van der Waals surface area contributed by atoms with Gasteiger partial charge in [-0.1, -0.05) is 13.8 Å². The fourth-order valence-electron chi connectivity index (χ4n) is 2.98. The Morgan fingerprint density at radius 3 is 2.53 bits per heavy atom. The van der Waals surface area contributed by atoms with Gasteiger partial charge in [0.05, 0.1) is 5.60 Å². The topological polar surface area (TPSA) is 44.3 Å². The van der Waals surface area contributed by atoms with Gasteiger partial charge < -0.3 is 15.7 Å². The van der Waals surface area contributed by atoms with Gasteiger partial charge in [-0.05, 0) is 50.5 Å². The molecule has 2 rings (SSSR count). The molecule has 1 aliphatic heterocycles. The number of aliphatic hydroxyl groups is 1. The van der Waals surface area contributed by atoms with E-state index in [1.165, 1.54) is 12.8 Å². The summed E-state index contributed by atoms with van der Waals surface area (Å²) in [5.41, 5.74) is -0.0205. The van der Waals surface area contributed by atoms with Crippen LogP contribution in [0.2, 0.25) is 0 Å². The van der Waals surface area contributed by atoms with E-state index in [2.05, 4.69) is 24.5 Å². The average Bonchev–Trinajstić information content (AvgIpc) is 2.77. The highest BCUT2D eigenvalue weighted by Gasteiger charge is 2.36. The van der Waals surface area contributed by atoms with Crippen LogP contribution in [0.3, 0.4) is 0 Å². The highest BCUT2D eigenvalue weighted by Crippen LogP contribution is 2.39. The molecule has 3 nitrogen and oxygen atoms in total. The average molecular weight is 240 g/mol. The van der Waals surface area contributed by atoms with Crippen LogP contribution in [0, 0.1) is 5.41 Å². The van der Waals surface area contributed by atoms with Crippen molar-refractivity contribution in [3.8, 4) is 0 Å². The fraction of sp³-hybridized carbons (Fsp3) is 1.00. The Labute approximate surface area is 105 Å². The zero-order valence-corrected chi connectivity index (χ0v) is 11.4. The molecule has 1 aliphatic carbocycles. The molecular formula is C14H28N2O. The smallest absolute Gasteiger partial charge is 0.0772 e. The van der Waals surface area contributed by atoms with E-state index in [1.54, 1.807) is 0 Å². The predicted molar refractivity (Wildman–Crippen MR) is 71.1 cm³/mol. The molecule has 1 atom stereocenters. The van der Waals surface area contributed by atoms with Gasteiger partial charge >= 0.3 is 0 Å². The zero-order valence-electron chi connectivity index (χ0n) is 11.4. The second-order valence-corrected chi connectivity index (χ2v) is 6.81. The third kappa shape index (κ3) is 3.94. The van der Waals surface area contributed by atoms with Crippen molar-refractivity contribution >= 4 is 0 Å². The van der Waals surface area contributed by atoms with Crippen LogP contribution >= 0.6 is 0 Å². The summed E-state index contributed by atoms with van der Waals surface area (Å²) in [5, 5.41) is 17.4. The van der Waals surface area contributed by atoms with Crippen LogP contribution in [0.25, 0.3) is 0 Å². The molecule has 100 valence electrons. The summed E-state index contributed by atoms with van der Waals surface area (Å²) in [7, 11) is 0. The lowest BCUT2D eigenvalue weighted by Crippen LogP contribution is -2.47. The van der Waals surface area contributed by atoms with Crippen LogP contribution in [0.1, 0.15) is 52.4 Å². The quantitative estimate of drug-likeness (QED) is 0.700. The maximum Gasteiger partial charge on any atom is 0.0772 e. The molecule has 1 saturated carbocycles. The van der Waals surface area contributed by atoms with E-state index in [4.69, 9.17) is 0 Å². The first-order valence-electron chi connectivity index (χ1n) is 7.16. The molecule has 3 N–H and O–H groups in total.